The van der Waals surface area contributed by atoms with Gasteiger partial charge in [0.2, 0.25) is 0 Å². The average molecular weight is 361 g/mol. The van der Waals surface area contributed by atoms with Crippen LogP contribution in [-0.4, -0.2) is 4.92 Å². The van der Waals surface area contributed by atoms with Crippen LogP contribution in [0.3, 0.4) is 0 Å². The molecule has 0 aromatic heterocycles. The highest BCUT2D eigenvalue weighted by Gasteiger charge is 2.13. The van der Waals surface area contributed by atoms with Crippen LogP contribution in [0.2, 0.25) is 0 Å². The smallest absolute Gasteiger partial charge is 0.270 e. The fourth-order valence-corrected chi connectivity index (χ4v) is 2.20. The summed E-state index contributed by atoms with van der Waals surface area (Å²) in [7, 11) is 0. The Kier molecular flexibility index (Phi) is 4.57. The first kappa shape index (κ1) is 14.7. The Bertz CT molecular complexity index is 666. The summed E-state index contributed by atoms with van der Waals surface area (Å²) in [5.41, 5.74) is 0.420. The standard InChI is InChI=1S/C13H8BrClFNO3/c14-11-6-9(16)1-3-13(11)20-12-4-2-10(17(18)19)5-8(12)7-15/h1-6H,7H2. The summed E-state index contributed by atoms with van der Waals surface area (Å²) in [6.45, 7) is 0. The van der Waals surface area contributed by atoms with E-state index in [1.807, 2.05) is 0 Å². The largest absolute Gasteiger partial charge is 0.456 e. The van der Waals surface area contributed by atoms with Crippen LogP contribution in [0.1, 0.15) is 5.56 Å². The summed E-state index contributed by atoms with van der Waals surface area (Å²) >= 11 is 8.95. The highest BCUT2D eigenvalue weighted by molar-refractivity contribution is 9.10. The zero-order chi connectivity index (χ0) is 14.7. The molecule has 0 saturated carbocycles. The Labute approximate surface area is 127 Å². The van der Waals surface area contributed by atoms with Gasteiger partial charge in [-0.1, -0.05) is 0 Å². The maximum Gasteiger partial charge on any atom is 0.270 e. The quantitative estimate of drug-likeness (QED) is 0.436. The number of non-ortho nitro benzene ring substituents is 1. The maximum absolute atomic E-state index is 13.0. The number of alkyl halides is 1. The molecule has 0 spiro atoms. The van der Waals surface area contributed by atoms with E-state index in [1.165, 1.54) is 36.4 Å². The number of nitro benzene ring substituents is 1. The van der Waals surface area contributed by atoms with Gasteiger partial charge in [-0.05, 0) is 40.2 Å². The minimum Gasteiger partial charge on any atom is -0.456 e. The van der Waals surface area contributed by atoms with Gasteiger partial charge in [0.15, 0.2) is 0 Å². The molecule has 0 aliphatic heterocycles. The van der Waals surface area contributed by atoms with Gasteiger partial charge < -0.3 is 4.74 Å². The maximum atomic E-state index is 13.0. The van der Waals surface area contributed by atoms with Crippen molar-refractivity contribution in [3.8, 4) is 11.5 Å². The molecule has 0 fully saturated rings. The lowest BCUT2D eigenvalue weighted by Crippen LogP contribution is -1.94. The zero-order valence-electron chi connectivity index (χ0n) is 9.98. The summed E-state index contributed by atoms with van der Waals surface area (Å²) in [6, 6.07) is 8.11. The molecule has 0 aliphatic rings. The third kappa shape index (κ3) is 3.26. The molecule has 7 heteroatoms. The molecule has 0 bridgehead atoms. The second kappa shape index (κ2) is 6.19. The Morgan fingerprint density at radius 3 is 2.55 bits per heavy atom. The van der Waals surface area contributed by atoms with Crippen LogP contribution >= 0.6 is 27.5 Å². The van der Waals surface area contributed by atoms with Gasteiger partial charge in [-0.2, -0.15) is 0 Å². The Hall–Kier alpha value is -1.66. The highest BCUT2D eigenvalue weighted by Crippen LogP contribution is 2.34. The van der Waals surface area contributed by atoms with Crippen LogP contribution in [0.25, 0.3) is 0 Å². The summed E-state index contributed by atoms with van der Waals surface area (Å²) in [4.78, 5) is 10.2. The van der Waals surface area contributed by atoms with E-state index in [0.717, 1.165) is 0 Å². The van der Waals surface area contributed by atoms with E-state index >= 15 is 0 Å². The van der Waals surface area contributed by atoms with Crippen molar-refractivity contribution >= 4 is 33.2 Å². The van der Waals surface area contributed by atoms with E-state index in [9.17, 15) is 14.5 Å². The second-order valence-electron chi connectivity index (χ2n) is 3.86. The molecule has 4 nitrogen and oxygen atoms in total. The van der Waals surface area contributed by atoms with Crippen molar-refractivity contribution in [2.24, 2.45) is 0 Å². The molecule has 0 aliphatic carbocycles. The minimum absolute atomic E-state index is 0.0637. The molecule has 0 heterocycles. The van der Waals surface area contributed by atoms with Gasteiger partial charge in [0.1, 0.15) is 17.3 Å². The van der Waals surface area contributed by atoms with Crippen molar-refractivity contribution in [2.75, 3.05) is 0 Å². The lowest BCUT2D eigenvalue weighted by molar-refractivity contribution is -0.384. The van der Waals surface area contributed by atoms with Gasteiger partial charge in [-0.25, -0.2) is 4.39 Å². The van der Waals surface area contributed by atoms with Crippen molar-refractivity contribution in [3.05, 3.63) is 62.4 Å². The zero-order valence-corrected chi connectivity index (χ0v) is 12.3. The first-order chi connectivity index (χ1) is 9.51. The Morgan fingerprint density at radius 2 is 1.95 bits per heavy atom. The number of nitrogens with zero attached hydrogens (tertiary/aromatic N) is 1. The molecule has 20 heavy (non-hydrogen) atoms. The van der Waals surface area contributed by atoms with E-state index in [-0.39, 0.29) is 11.6 Å². The topological polar surface area (TPSA) is 52.4 Å². The third-order valence-corrected chi connectivity index (χ3v) is 3.42. The molecule has 104 valence electrons. The van der Waals surface area contributed by atoms with Gasteiger partial charge in [0, 0.05) is 17.7 Å². The van der Waals surface area contributed by atoms with E-state index in [4.69, 9.17) is 16.3 Å². The number of nitro groups is 1. The van der Waals surface area contributed by atoms with Crippen molar-refractivity contribution in [3.63, 3.8) is 0 Å². The van der Waals surface area contributed by atoms with Crippen molar-refractivity contribution in [2.45, 2.75) is 5.88 Å². The highest BCUT2D eigenvalue weighted by atomic mass is 79.9. The monoisotopic (exact) mass is 359 g/mol. The molecule has 2 aromatic rings. The fraction of sp³-hybridized carbons (Fsp3) is 0.0769. The SMILES string of the molecule is O=[N+]([O-])c1ccc(Oc2ccc(F)cc2Br)c(CCl)c1. The molecule has 0 saturated heterocycles. The first-order valence-corrected chi connectivity index (χ1v) is 6.80. The van der Waals surface area contributed by atoms with Crippen LogP contribution in [-0.2, 0) is 5.88 Å². The molecule has 2 rings (SSSR count). The lowest BCUT2D eigenvalue weighted by Gasteiger charge is -2.10. The number of hydrogen-bond acceptors (Lipinski definition) is 3. The van der Waals surface area contributed by atoms with Crippen LogP contribution in [0.15, 0.2) is 40.9 Å². The van der Waals surface area contributed by atoms with E-state index in [1.54, 1.807) is 0 Å². The normalized spacial score (nSPS) is 10.3. The number of hydrogen-bond donors (Lipinski definition) is 0. The van der Waals surface area contributed by atoms with E-state index in [0.29, 0.717) is 21.5 Å². The van der Waals surface area contributed by atoms with Gasteiger partial charge in [-0.3, -0.25) is 10.1 Å². The molecular formula is C13H8BrClFNO3. The van der Waals surface area contributed by atoms with E-state index < -0.39 is 10.7 Å². The average Bonchev–Trinajstić information content (AvgIpc) is 2.42. The molecule has 0 unspecified atom stereocenters. The van der Waals surface area contributed by atoms with E-state index in [2.05, 4.69) is 15.9 Å². The molecule has 0 N–H and O–H groups in total. The summed E-state index contributed by atoms with van der Waals surface area (Å²) in [5.74, 6) is 0.450. The molecule has 0 radical (unpaired) electrons. The summed E-state index contributed by atoms with van der Waals surface area (Å²) < 4.78 is 19.0. The van der Waals surface area contributed by atoms with Crippen molar-refractivity contribution < 1.29 is 14.1 Å². The van der Waals surface area contributed by atoms with Gasteiger partial charge in [0.25, 0.3) is 5.69 Å². The number of halogens is 3. The second-order valence-corrected chi connectivity index (χ2v) is 4.98. The number of rotatable bonds is 4. The number of ether oxygens (including phenoxy) is 1. The molecular weight excluding hydrogens is 353 g/mol. The lowest BCUT2D eigenvalue weighted by atomic mass is 10.2. The summed E-state index contributed by atoms with van der Waals surface area (Å²) in [6.07, 6.45) is 0. The number of benzene rings is 2. The molecule has 2 aromatic carbocycles. The minimum atomic E-state index is -0.506. The Morgan fingerprint density at radius 1 is 1.25 bits per heavy atom. The van der Waals surface area contributed by atoms with Crippen LogP contribution in [0.5, 0.6) is 11.5 Å². The first-order valence-electron chi connectivity index (χ1n) is 5.47. The van der Waals surface area contributed by atoms with Crippen molar-refractivity contribution in [1.82, 2.24) is 0 Å². The molecule has 0 atom stereocenters. The van der Waals surface area contributed by atoms with Gasteiger partial charge >= 0.3 is 0 Å². The van der Waals surface area contributed by atoms with Gasteiger partial charge in [0.05, 0.1) is 15.3 Å². The third-order valence-electron chi connectivity index (χ3n) is 2.51. The molecule has 0 amide bonds. The van der Waals surface area contributed by atoms with Crippen LogP contribution in [0.4, 0.5) is 10.1 Å². The predicted octanol–water partition coefficient (Wildman–Crippen LogP) is 5.03. The Balaban J connectivity index is 2.35. The predicted molar refractivity (Wildman–Crippen MR) is 76.8 cm³/mol. The van der Waals surface area contributed by atoms with Gasteiger partial charge in [-0.15, -0.1) is 11.6 Å². The van der Waals surface area contributed by atoms with Crippen molar-refractivity contribution in [1.29, 1.82) is 0 Å². The summed E-state index contributed by atoms with van der Waals surface area (Å²) in [5, 5.41) is 10.7. The van der Waals surface area contributed by atoms with Crippen LogP contribution in [0, 0.1) is 15.9 Å². The fourth-order valence-electron chi connectivity index (χ4n) is 1.56. The van der Waals surface area contributed by atoms with Crippen LogP contribution < -0.4 is 4.74 Å².